The number of rotatable bonds is 5. The Kier molecular flexibility index (Phi) is 5.20. The number of hydrogen-bond acceptors (Lipinski definition) is 3. The summed E-state index contributed by atoms with van der Waals surface area (Å²) < 4.78 is 49.8. The minimum Gasteiger partial charge on any atom is -0.392 e. The first-order chi connectivity index (χ1) is 8.27. The molecule has 0 fully saturated rings. The zero-order valence-electron chi connectivity index (χ0n) is 9.45. The number of aliphatic hydroxyl groups is 1. The third-order valence-electron chi connectivity index (χ3n) is 2.18. The third kappa shape index (κ3) is 3.71. The van der Waals surface area contributed by atoms with Gasteiger partial charge in [0.15, 0.2) is 0 Å². The van der Waals surface area contributed by atoms with Crippen LogP contribution < -0.4 is 4.72 Å². The predicted molar refractivity (Wildman–Crippen MR) is 66.0 cm³/mol. The van der Waals surface area contributed by atoms with Gasteiger partial charge in [-0.3, -0.25) is 0 Å². The Bertz CT molecular complexity index is 534. The van der Waals surface area contributed by atoms with Gasteiger partial charge in [-0.1, -0.05) is 6.07 Å². The van der Waals surface area contributed by atoms with Gasteiger partial charge in [0, 0.05) is 4.47 Å². The molecule has 0 aliphatic heterocycles. The van der Waals surface area contributed by atoms with Gasteiger partial charge in [0.05, 0.1) is 18.0 Å². The van der Waals surface area contributed by atoms with Gasteiger partial charge in [-0.2, -0.15) is 0 Å². The molecule has 0 unspecified atom stereocenters. The number of aliphatic hydroxyl groups excluding tert-OH is 1. The summed E-state index contributed by atoms with van der Waals surface area (Å²) >= 11 is 3.10. The standard InChI is InChI=1S/C10H12BrF2NO3S/c1-6-2-7(5-15)3-8(10(6)11)18(16,17)14-4-9(12)13/h2-3,9,14-15H,4-5H2,1H3. The molecule has 2 N–H and O–H groups in total. The first-order valence-corrected chi connectivity index (χ1v) is 7.23. The van der Waals surface area contributed by atoms with Gasteiger partial charge in [0.25, 0.3) is 6.43 Å². The number of nitrogens with one attached hydrogen (secondary N) is 1. The van der Waals surface area contributed by atoms with E-state index in [2.05, 4.69) is 15.9 Å². The monoisotopic (exact) mass is 343 g/mol. The largest absolute Gasteiger partial charge is 0.392 e. The van der Waals surface area contributed by atoms with Crippen molar-refractivity contribution in [1.29, 1.82) is 0 Å². The molecule has 0 aromatic heterocycles. The summed E-state index contributed by atoms with van der Waals surface area (Å²) in [5, 5.41) is 9.01. The average Bonchev–Trinajstić information content (AvgIpc) is 2.29. The van der Waals surface area contributed by atoms with Crippen molar-refractivity contribution in [3.05, 3.63) is 27.7 Å². The van der Waals surface area contributed by atoms with Crippen LogP contribution in [0.2, 0.25) is 0 Å². The molecule has 8 heteroatoms. The molecule has 0 amide bonds. The highest BCUT2D eigenvalue weighted by molar-refractivity contribution is 9.10. The van der Waals surface area contributed by atoms with Crippen molar-refractivity contribution >= 4 is 26.0 Å². The molecule has 0 saturated carbocycles. The molecule has 0 radical (unpaired) electrons. The molecule has 4 nitrogen and oxygen atoms in total. The van der Waals surface area contributed by atoms with Gasteiger partial charge in [-0.25, -0.2) is 21.9 Å². The van der Waals surface area contributed by atoms with E-state index in [0.717, 1.165) is 0 Å². The summed E-state index contributed by atoms with van der Waals surface area (Å²) in [6.07, 6.45) is -2.76. The molecule has 18 heavy (non-hydrogen) atoms. The van der Waals surface area contributed by atoms with Crippen LogP contribution in [-0.4, -0.2) is 26.5 Å². The topological polar surface area (TPSA) is 66.4 Å². The Morgan fingerprint density at radius 1 is 1.44 bits per heavy atom. The van der Waals surface area contributed by atoms with Crippen LogP contribution in [0.1, 0.15) is 11.1 Å². The molecule has 0 atom stereocenters. The van der Waals surface area contributed by atoms with E-state index in [9.17, 15) is 17.2 Å². The van der Waals surface area contributed by atoms with Crippen molar-refractivity contribution in [2.75, 3.05) is 6.54 Å². The van der Waals surface area contributed by atoms with Crippen molar-refractivity contribution in [2.24, 2.45) is 0 Å². The fraction of sp³-hybridized carbons (Fsp3) is 0.400. The minimum atomic E-state index is -4.03. The van der Waals surface area contributed by atoms with Gasteiger partial charge >= 0.3 is 0 Å². The molecule has 0 saturated heterocycles. The second-order valence-electron chi connectivity index (χ2n) is 3.63. The number of hydrogen-bond donors (Lipinski definition) is 2. The molecule has 1 aromatic rings. The van der Waals surface area contributed by atoms with Crippen molar-refractivity contribution < 1.29 is 22.3 Å². The van der Waals surface area contributed by atoms with E-state index in [1.165, 1.54) is 6.07 Å². The van der Waals surface area contributed by atoms with E-state index in [0.29, 0.717) is 15.6 Å². The van der Waals surface area contributed by atoms with Crippen LogP contribution >= 0.6 is 15.9 Å². The van der Waals surface area contributed by atoms with E-state index in [4.69, 9.17) is 5.11 Å². The highest BCUT2D eigenvalue weighted by atomic mass is 79.9. The van der Waals surface area contributed by atoms with Crippen molar-refractivity contribution in [1.82, 2.24) is 4.72 Å². The van der Waals surface area contributed by atoms with Crippen LogP contribution in [0.5, 0.6) is 0 Å². The smallest absolute Gasteiger partial charge is 0.251 e. The first-order valence-electron chi connectivity index (χ1n) is 4.95. The lowest BCUT2D eigenvalue weighted by molar-refractivity contribution is 0.153. The van der Waals surface area contributed by atoms with Crippen LogP contribution in [0, 0.1) is 6.92 Å². The van der Waals surface area contributed by atoms with E-state index in [1.54, 1.807) is 17.7 Å². The normalized spacial score (nSPS) is 12.1. The van der Waals surface area contributed by atoms with E-state index in [-0.39, 0.29) is 11.5 Å². The molecular formula is C10H12BrF2NO3S. The van der Waals surface area contributed by atoms with Crippen molar-refractivity contribution in [3.63, 3.8) is 0 Å². The summed E-state index contributed by atoms with van der Waals surface area (Å²) in [4.78, 5) is -0.160. The molecule has 1 rings (SSSR count). The predicted octanol–water partition coefficient (Wildman–Crippen LogP) is 1.79. The number of sulfonamides is 1. The zero-order chi connectivity index (χ0) is 13.9. The quantitative estimate of drug-likeness (QED) is 0.856. The van der Waals surface area contributed by atoms with Crippen LogP contribution in [0.3, 0.4) is 0 Å². The Balaban J connectivity index is 3.19. The maximum absolute atomic E-state index is 12.0. The molecule has 1 aromatic carbocycles. The van der Waals surface area contributed by atoms with Crippen LogP contribution in [-0.2, 0) is 16.6 Å². The van der Waals surface area contributed by atoms with Gasteiger partial charge in [0.2, 0.25) is 10.0 Å². The van der Waals surface area contributed by atoms with Gasteiger partial charge in [0.1, 0.15) is 0 Å². The first kappa shape index (κ1) is 15.5. The molecular weight excluding hydrogens is 332 g/mol. The van der Waals surface area contributed by atoms with Gasteiger partial charge in [-0.05, 0) is 40.0 Å². The third-order valence-corrected chi connectivity index (χ3v) is 4.94. The SMILES string of the molecule is Cc1cc(CO)cc(S(=O)(=O)NCC(F)F)c1Br. The molecule has 0 heterocycles. The summed E-state index contributed by atoms with van der Waals surface area (Å²) in [5.41, 5.74) is 0.993. The van der Waals surface area contributed by atoms with Crippen molar-refractivity contribution in [2.45, 2.75) is 24.9 Å². The minimum absolute atomic E-state index is 0.160. The molecule has 102 valence electrons. The second kappa shape index (κ2) is 6.05. The number of alkyl halides is 2. The summed E-state index contributed by atoms with van der Waals surface area (Å²) in [7, 11) is -4.03. The lowest BCUT2D eigenvalue weighted by atomic mass is 10.1. The lowest BCUT2D eigenvalue weighted by Crippen LogP contribution is -2.29. The van der Waals surface area contributed by atoms with Crippen LogP contribution in [0.25, 0.3) is 0 Å². The van der Waals surface area contributed by atoms with Crippen LogP contribution in [0.15, 0.2) is 21.5 Å². The van der Waals surface area contributed by atoms with E-state index in [1.807, 2.05) is 0 Å². The fourth-order valence-electron chi connectivity index (χ4n) is 1.35. The highest BCUT2D eigenvalue weighted by Gasteiger charge is 2.21. The molecule has 0 aliphatic carbocycles. The maximum Gasteiger partial charge on any atom is 0.251 e. The average molecular weight is 344 g/mol. The molecule has 0 aliphatic rings. The van der Waals surface area contributed by atoms with E-state index >= 15 is 0 Å². The fourth-order valence-corrected chi connectivity index (χ4v) is 3.42. The number of benzene rings is 1. The molecule has 0 bridgehead atoms. The second-order valence-corrected chi connectivity index (χ2v) is 6.15. The maximum atomic E-state index is 12.0. The highest BCUT2D eigenvalue weighted by Crippen LogP contribution is 2.27. The summed E-state index contributed by atoms with van der Waals surface area (Å²) in [6.45, 7) is 0.373. The summed E-state index contributed by atoms with van der Waals surface area (Å²) in [6, 6.07) is 2.85. The van der Waals surface area contributed by atoms with Crippen LogP contribution in [0.4, 0.5) is 8.78 Å². The Labute approximate surface area is 112 Å². The van der Waals surface area contributed by atoms with Gasteiger partial charge < -0.3 is 5.11 Å². The molecule has 0 spiro atoms. The lowest BCUT2D eigenvalue weighted by Gasteiger charge is -2.11. The summed E-state index contributed by atoms with van der Waals surface area (Å²) in [5.74, 6) is 0. The van der Waals surface area contributed by atoms with Gasteiger partial charge in [-0.15, -0.1) is 0 Å². The van der Waals surface area contributed by atoms with E-state index < -0.39 is 23.0 Å². The number of aryl methyl sites for hydroxylation is 1. The van der Waals surface area contributed by atoms with Crippen molar-refractivity contribution in [3.8, 4) is 0 Å². The number of halogens is 3. The zero-order valence-corrected chi connectivity index (χ0v) is 11.9. The Morgan fingerprint density at radius 2 is 2.06 bits per heavy atom. The Morgan fingerprint density at radius 3 is 2.56 bits per heavy atom. The Hall–Kier alpha value is -0.570.